The predicted octanol–water partition coefficient (Wildman–Crippen LogP) is 5.57. The van der Waals surface area contributed by atoms with Gasteiger partial charge in [-0.2, -0.15) is 0 Å². The lowest BCUT2D eigenvalue weighted by Crippen LogP contribution is -2.25. The molecule has 3 aromatic carbocycles. The predicted molar refractivity (Wildman–Crippen MR) is 132 cm³/mol. The van der Waals surface area contributed by atoms with E-state index in [-0.39, 0.29) is 5.91 Å². The number of hydrogen-bond donors (Lipinski definition) is 1. The maximum absolute atomic E-state index is 12.8. The van der Waals surface area contributed by atoms with Crippen LogP contribution in [0.25, 0.3) is 0 Å². The fraction of sp³-hybridized carbons (Fsp3) is 0.321. The third-order valence-electron chi connectivity index (χ3n) is 5.63. The van der Waals surface area contributed by atoms with Crippen LogP contribution < -0.4 is 19.5 Å². The molecule has 0 aliphatic heterocycles. The molecule has 3 aromatic rings. The van der Waals surface area contributed by atoms with Crippen molar-refractivity contribution >= 4 is 5.91 Å². The number of carbonyl (C=O) groups excluding carboxylic acids is 1. The van der Waals surface area contributed by atoms with Crippen molar-refractivity contribution in [2.45, 2.75) is 40.7 Å². The molecule has 0 saturated heterocycles. The molecule has 0 aliphatic rings. The maximum atomic E-state index is 12.8. The monoisotopic (exact) mass is 447 g/mol. The Bertz CT molecular complexity index is 1090. The van der Waals surface area contributed by atoms with Crippen molar-refractivity contribution in [2.24, 2.45) is 0 Å². The van der Waals surface area contributed by atoms with Crippen LogP contribution in [0.4, 0.5) is 0 Å². The van der Waals surface area contributed by atoms with E-state index in [1.54, 1.807) is 13.2 Å². The summed E-state index contributed by atoms with van der Waals surface area (Å²) in [5.74, 6) is 2.29. The largest absolute Gasteiger partial charge is 0.497 e. The van der Waals surface area contributed by atoms with Crippen LogP contribution in [0, 0.1) is 20.8 Å². The molecule has 0 bridgehead atoms. The molecule has 0 fully saturated rings. The molecule has 0 heterocycles. The summed E-state index contributed by atoms with van der Waals surface area (Å²) in [5.41, 5.74) is 6.04. The van der Waals surface area contributed by atoms with E-state index < -0.39 is 0 Å². The Morgan fingerprint density at radius 2 is 1.67 bits per heavy atom. The molecule has 5 nitrogen and oxygen atoms in total. The van der Waals surface area contributed by atoms with Crippen LogP contribution in [0.15, 0.2) is 54.6 Å². The third-order valence-corrected chi connectivity index (χ3v) is 5.63. The standard InChI is InChI=1S/C28H33NO4/c1-6-32-26-12-9-23(28(30)29-14-13-22-7-10-25(31-5)11-8-22)17-24(26)18-33-27-16-19(2)15-20(3)21(27)4/h7-12,15-17H,6,13-14,18H2,1-5H3,(H,29,30). The highest BCUT2D eigenvalue weighted by Gasteiger charge is 2.12. The van der Waals surface area contributed by atoms with Crippen LogP contribution >= 0.6 is 0 Å². The van der Waals surface area contributed by atoms with Crippen molar-refractivity contribution in [2.75, 3.05) is 20.3 Å². The summed E-state index contributed by atoms with van der Waals surface area (Å²) in [6.07, 6.45) is 0.745. The van der Waals surface area contributed by atoms with Crippen molar-refractivity contribution in [3.63, 3.8) is 0 Å². The van der Waals surface area contributed by atoms with Gasteiger partial charge in [-0.05, 0) is 92.8 Å². The number of nitrogens with one attached hydrogen (secondary N) is 1. The van der Waals surface area contributed by atoms with Gasteiger partial charge >= 0.3 is 0 Å². The van der Waals surface area contributed by atoms with Gasteiger partial charge in [-0.15, -0.1) is 0 Å². The molecule has 0 saturated carbocycles. The second kappa shape index (κ2) is 11.4. The first-order valence-electron chi connectivity index (χ1n) is 11.3. The van der Waals surface area contributed by atoms with Gasteiger partial charge in [-0.3, -0.25) is 4.79 Å². The minimum Gasteiger partial charge on any atom is -0.497 e. The highest BCUT2D eigenvalue weighted by molar-refractivity contribution is 5.94. The van der Waals surface area contributed by atoms with Gasteiger partial charge in [0, 0.05) is 17.7 Å². The fourth-order valence-corrected chi connectivity index (χ4v) is 3.65. The SMILES string of the molecule is CCOc1ccc(C(=O)NCCc2ccc(OC)cc2)cc1COc1cc(C)cc(C)c1C. The number of amides is 1. The van der Waals surface area contributed by atoms with Crippen molar-refractivity contribution in [1.29, 1.82) is 0 Å². The lowest BCUT2D eigenvalue weighted by atomic mass is 10.1. The molecule has 1 N–H and O–H groups in total. The molecule has 0 atom stereocenters. The van der Waals surface area contributed by atoms with Crippen LogP contribution in [0.1, 0.15) is 45.1 Å². The molecule has 0 unspecified atom stereocenters. The van der Waals surface area contributed by atoms with Crippen molar-refractivity contribution in [3.05, 3.63) is 88.0 Å². The van der Waals surface area contributed by atoms with Gasteiger partial charge in [0.1, 0.15) is 23.9 Å². The molecule has 3 rings (SSSR count). The zero-order valence-electron chi connectivity index (χ0n) is 20.2. The summed E-state index contributed by atoms with van der Waals surface area (Å²) in [6, 6.07) is 17.5. The summed E-state index contributed by atoms with van der Waals surface area (Å²) >= 11 is 0. The van der Waals surface area contributed by atoms with E-state index in [0.29, 0.717) is 25.3 Å². The lowest BCUT2D eigenvalue weighted by molar-refractivity contribution is 0.0954. The van der Waals surface area contributed by atoms with E-state index in [1.807, 2.05) is 49.4 Å². The van der Waals surface area contributed by atoms with Gasteiger partial charge in [0.15, 0.2) is 0 Å². The number of ether oxygens (including phenoxy) is 3. The number of methoxy groups -OCH3 is 1. The Labute approximate surface area is 196 Å². The van der Waals surface area contributed by atoms with Gasteiger partial charge < -0.3 is 19.5 Å². The Hall–Kier alpha value is -3.47. The molecule has 174 valence electrons. The molecular formula is C28H33NO4. The number of rotatable bonds is 10. The van der Waals surface area contributed by atoms with Crippen molar-refractivity contribution in [3.8, 4) is 17.2 Å². The first-order valence-corrected chi connectivity index (χ1v) is 11.3. The number of carbonyl (C=O) groups is 1. The second-order valence-corrected chi connectivity index (χ2v) is 8.10. The number of benzene rings is 3. The van der Waals surface area contributed by atoms with Crippen LogP contribution in [-0.2, 0) is 13.0 Å². The summed E-state index contributed by atoms with van der Waals surface area (Å²) in [5, 5.41) is 3.00. The van der Waals surface area contributed by atoms with Crippen LogP contribution in [-0.4, -0.2) is 26.2 Å². The minimum absolute atomic E-state index is 0.115. The van der Waals surface area contributed by atoms with Crippen molar-refractivity contribution in [1.82, 2.24) is 5.32 Å². The van der Waals surface area contributed by atoms with Crippen LogP contribution in [0.2, 0.25) is 0 Å². The fourth-order valence-electron chi connectivity index (χ4n) is 3.65. The van der Waals surface area contributed by atoms with E-state index in [1.165, 1.54) is 5.56 Å². The van der Waals surface area contributed by atoms with Gasteiger partial charge in [0.2, 0.25) is 0 Å². The molecule has 33 heavy (non-hydrogen) atoms. The Balaban J connectivity index is 1.67. The zero-order valence-corrected chi connectivity index (χ0v) is 20.2. The Morgan fingerprint density at radius 1 is 0.909 bits per heavy atom. The van der Waals surface area contributed by atoms with Crippen LogP contribution in [0.5, 0.6) is 17.2 Å². The molecule has 0 spiro atoms. The molecule has 5 heteroatoms. The average Bonchev–Trinajstić information content (AvgIpc) is 2.81. The maximum Gasteiger partial charge on any atom is 0.251 e. The van der Waals surface area contributed by atoms with E-state index in [9.17, 15) is 4.79 Å². The Morgan fingerprint density at radius 3 is 2.36 bits per heavy atom. The number of hydrogen-bond acceptors (Lipinski definition) is 4. The third kappa shape index (κ3) is 6.51. The molecule has 0 aromatic heterocycles. The van der Waals surface area contributed by atoms with Gasteiger partial charge in [-0.1, -0.05) is 18.2 Å². The number of aryl methyl sites for hydroxylation is 2. The van der Waals surface area contributed by atoms with Crippen molar-refractivity contribution < 1.29 is 19.0 Å². The summed E-state index contributed by atoms with van der Waals surface area (Å²) in [4.78, 5) is 12.8. The normalized spacial score (nSPS) is 10.6. The highest BCUT2D eigenvalue weighted by Crippen LogP contribution is 2.27. The lowest BCUT2D eigenvalue weighted by Gasteiger charge is -2.16. The molecule has 0 radical (unpaired) electrons. The minimum atomic E-state index is -0.115. The molecule has 1 amide bonds. The molecule has 0 aliphatic carbocycles. The first-order chi connectivity index (χ1) is 15.9. The smallest absolute Gasteiger partial charge is 0.251 e. The summed E-state index contributed by atoms with van der Waals surface area (Å²) < 4.78 is 17.1. The van der Waals surface area contributed by atoms with E-state index >= 15 is 0 Å². The summed E-state index contributed by atoms with van der Waals surface area (Å²) in [7, 11) is 1.65. The van der Waals surface area contributed by atoms with E-state index in [0.717, 1.165) is 45.9 Å². The first kappa shape index (κ1) is 24.2. The van der Waals surface area contributed by atoms with E-state index in [4.69, 9.17) is 14.2 Å². The quantitative estimate of drug-likeness (QED) is 0.441. The second-order valence-electron chi connectivity index (χ2n) is 8.10. The Kier molecular flexibility index (Phi) is 8.36. The van der Waals surface area contributed by atoms with Gasteiger partial charge in [0.05, 0.1) is 13.7 Å². The topological polar surface area (TPSA) is 56.8 Å². The average molecular weight is 448 g/mol. The zero-order chi connectivity index (χ0) is 23.8. The van der Waals surface area contributed by atoms with Gasteiger partial charge in [-0.25, -0.2) is 0 Å². The molecular weight excluding hydrogens is 414 g/mol. The van der Waals surface area contributed by atoms with Gasteiger partial charge in [0.25, 0.3) is 5.91 Å². The van der Waals surface area contributed by atoms with Crippen LogP contribution in [0.3, 0.4) is 0 Å². The highest BCUT2D eigenvalue weighted by atomic mass is 16.5. The summed E-state index contributed by atoms with van der Waals surface area (Å²) in [6.45, 7) is 9.55. The van der Waals surface area contributed by atoms with E-state index in [2.05, 4.69) is 32.2 Å².